The summed E-state index contributed by atoms with van der Waals surface area (Å²) in [5, 5.41) is 0.167. The summed E-state index contributed by atoms with van der Waals surface area (Å²) in [6, 6.07) is 0. The van der Waals surface area contributed by atoms with Crippen molar-refractivity contribution in [3.05, 3.63) is 27.5 Å². The molecule has 0 radical (unpaired) electrons. The van der Waals surface area contributed by atoms with Gasteiger partial charge in [-0.3, -0.25) is 9.69 Å². The summed E-state index contributed by atoms with van der Waals surface area (Å²) in [7, 11) is 0. The van der Waals surface area contributed by atoms with Crippen molar-refractivity contribution in [2.75, 3.05) is 19.7 Å². The smallest absolute Gasteiger partial charge is 0.342 e. The van der Waals surface area contributed by atoms with Crippen molar-refractivity contribution in [1.82, 2.24) is 14.9 Å². The van der Waals surface area contributed by atoms with Gasteiger partial charge in [-0.05, 0) is 32.1 Å². The van der Waals surface area contributed by atoms with Gasteiger partial charge < -0.3 is 14.1 Å². The average molecular weight is 347 g/mol. The molecule has 3 rings (SSSR count). The van der Waals surface area contributed by atoms with E-state index in [9.17, 15) is 9.59 Å². The highest BCUT2D eigenvalue weighted by Gasteiger charge is 2.25. The maximum atomic E-state index is 12.5. The van der Waals surface area contributed by atoms with Gasteiger partial charge in [-0.1, -0.05) is 13.8 Å². The lowest BCUT2D eigenvalue weighted by Crippen LogP contribution is -2.38. The number of hydrogen-bond acceptors (Lipinski definition) is 6. The van der Waals surface area contributed by atoms with Crippen molar-refractivity contribution < 1.29 is 13.9 Å². The van der Waals surface area contributed by atoms with E-state index in [1.54, 1.807) is 13.8 Å². The number of nitrogens with zero attached hydrogens (tertiary/aromatic N) is 2. The van der Waals surface area contributed by atoms with Crippen LogP contribution >= 0.6 is 0 Å². The molecule has 136 valence electrons. The van der Waals surface area contributed by atoms with E-state index in [2.05, 4.69) is 28.7 Å². The molecule has 3 heterocycles. The zero-order valence-corrected chi connectivity index (χ0v) is 15.2. The lowest BCUT2D eigenvalue weighted by molar-refractivity contribution is 0.0526. The van der Waals surface area contributed by atoms with Gasteiger partial charge in [-0.25, -0.2) is 4.79 Å². The highest BCUT2D eigenvalue weighted by atomic mass is 16.5. The molecule has 1 N–H and O–H groups in total. The molecule has 0 aromatic carbocycles. The van der Waals surface area contributed by atoms with E-state index >= 15 is 0 Å². The number of likely N-dealkylation sites (tertiary alicyclic amines) is 1. The fraction of sp³-hybridized carbons (Fsp3) is 0.611. The minimum absolute atomic E-state index is 0.164. The number of aryl methyl sites for hydroxylation is 1. The van der Waals surface area contributed by atoms with Crippen molar-refractivity contribution in [1.29, 1.82) is 0 Å². The molecule has 25 heavy (non-hydrogen) atoms. The van der Waals surface area contributed by atoms with Gasteiger partial charge in [-0.15, -0.1) is 0 Å². The number of carbonyl (C=O) groups is 1. The van der Waals surface area contributed by atoms with Crippen LogP contribution in [0.25, 0.3) is 11.1 Å². The van der Waals surface area contributed by atoms with E-state index in [-0.39, 0.29) is 28.8 Å². The van der Waals surface area contributed by atoms with Crippen LogP contribution in [0.1, 0.15) is 49.1 Å². The number of piperidine rings is 1. The third-order valence-corrected chi connectivity index (χ3v) is 4.58. The van der Waals surface area contributed by atoms with Gasteiger partial charge in [0, 0.05) is 13.1 Å². The fourth-order valence-electron chi connectivity index (χ4n) is 3.82. The lowest BCUT2D eigenvalue weighted by atomic mass is 9.92. The Morgan fingerprint density at radius 3 is 2.68 bits per heavy atom. The minimum atomic E-state index is -0.558. The van der Waals surface area contributed by atoms with Crippen LogP contribution in [0.15, 0.2) is 9.21 Å². The number of ether oxygens (including phenoxy) is 1. The molecule has 7 heteroatoms. The van der Waals surface area contributed by atoms with E-state index in [4.69, 9.17) is 9.15 Å². The second-order valence-electron chi connectivity index (χ2n) is 7.09. The van der Waals surface area contributed by atoms with E-state index < -0.39 is 5.97 Å². The molecule has 2 aromatic heterocycles. The van der Waals surface area contributed by atoms with Crippen molar-refractivity contribution >= 4 is 17.1 Å². The first kappa shape index (κ1) is 17.7. The third-order valence-electron chi connectivity index (χ3n) is 4.58. The normalized spacial score (nSPS) is 21.6. The average Bonchev–Trinajstić information content (AvgIpc) is 2.83. The summed E-state index contributed by atoms with van der Waals surface area (Å²) < 4.78 is 10.6. The zero-order chi connectivity index (χ0) is 18.1. The van der Waals surface area contributed by atoms with Gasteiger partial charge in [0.15, 0.2) is 0 Å². The van der Waals surface area contributed by atoms with Gasteiger partial charge in [-0.2, -0.15) is 4.98 Å². The van der Waals surface area contributed by atoms with Crippen molar-refractivity contribution in [2.24, 2.45) is 11.8 Å². The maximum Gasteiger partial charge on any atom is 0.342 e. The maximum absolute atomic E-state index is 12.5. The predicted octanol–water partition coefficient (Wildman–Crippen LogP) is 2.48. The Labute approximate surface area is 146 Å². The van der Waals surface area contributed by atoms with Gasteiger partial charge in [0.1, 0.15) is 22.5 Å². The number of carbonyl (C=O) groups excluding carboxylic acids is 1. The van der Waals surface area contributed by atoms with E-state index in [0.29, 0.717) is 30.0 Å². The number of aromatic amines is 1. The second kappa shape index (κ2) is 7.00. The van der Waals surface area contributed by atoms with Crippen LogP contribution in [0.4, 0.5) is 0 Å². The van der Waals surface area contributed by atoms with Crippen LogP contribution in [0.3, 0.4) is 0 Å². The number of H-pyrrole nitrogens is 1. The summed E-state index contributed by atoms with van der Waals surface area (Å²) in [5.74, 6) is 1.60. The topological polar surface area (TPSA) is 88.4 Å². The number of rotatable bonds is 4. The summed E-state index contributed by atoms with van der Waals surface area (Å²) in [4.78, 5) is 34.2. The molecular formula is C18H25N3O4. The van der Waals surface area contributed by atoms with Gasteiger partial charge in [0.25, 0.3) is 5.56 Å². The summed E-state index contributed by atoms with van der Waals surface area (Å²) >= 11 is 0. The van der Waals surface area contributed by atoms with Crippen molar-refractivity contribution in [2.45, 2.75) is 40.7 Å². The van der Waals surface area contributed by atoms with E-state index in [0.717, 1.165) is 13.1 Å². The van der Waals surface area contributed by atoms with E-state index in [1.807, 2.05) is 0 Å². The Hall–Kier alpha value is -2.15. The standard InChI is InChI=1S/C18H25N3O4/c1-5-24-18(23)14-12(4)25-17-15(14)16(22)19-13(20-17)9-21-7-10(2)6-11(3)8-21/h10-11H,5-9H2,1-4H3,(H,19,20,22)/t10-,11-/m0/s1. The monoisotopic (exact) mass is 347 g/mol. The minimum Gasteiger partial charge on any atom is -0.462 e. The quantitative estimate of drug-likeness (QED) is 0.855. The van der Waals surface area contributed by atoms with E-state index in [1.165, 1.54) is 6.42 Å². The molecular weight excluding hydrogens is 322 g/mol. The molecule has 2 aromatic rings. The predicted molar refractivity (Wildman–Crippen MR) is 93.5 cm³/mol. The van der Waals surface area contributed by atoms with Gasteiger partial charge in [0.05, 0.1) is 13.2 Å². The van der Waals surface area contributed by atoms with Gasteiger partial charge in [0.2, 0.25) is 5.71 Å². The zero-order valence-electron chi connectivity index (χ0n) is 15.2. The molecule has 1 aliphatic heterocycles. The molecule has 2 atom stereocenters. The molecule has 0 saturated carbocycles. The van der Waals surface area contributed by atoms with Crippen LogP contribution in [-0.4, -0.2) is 40.5 Å². The molecule has 1 fully saturated rings. The number of fused-ring (bicyclic) bond motifs is 1. The summed E-state index contributed by atoms with van der Waals surface area (Å²) in [6.45, 7) is 10.6. The van der Waals surface area contributed by atoms with Crippen LogP contribution in [-0.2, 0) is 11.3 Å². The molecule has 1 saturated heterocycles. The molecule has 0 spiro atoms. The molecule has 7 nitrogen and oxygen atoms in total. The Morgan fingerprint density at radius 1 is 1.36 bits per heavy atom. The Balaban J connectivity index is 1.92. The van der Waals surface area contributed by atoms with Crippen molar-refractivity contribution in [3.8, 4) is 0 Å². The number of esters is 1. The first-order valence-electron chi connectivity index (χ1n) is 8.80. The van der Waals surface area contributed by atoms with Crippen LogP contribution in [0.5, 0.6) is 0 Å². The van der Waals surface area contributed by atoms with Gasteiger partial charge >= 0.3 is 5.97 Å². The summed E-state index contributed by atoms with van der Waals surface area (Å²) in [5.41, 5.74) is -0.00668. The highest BCUT2D eigenvalue weighted by molar-refractivity contribution is 6.03. The number of nitrogens with one attached hydrogen (secondary N) is 1. The molecule has 0 amide bonds. The molecule has 0 bridgehead atoms. The van der Waals surface area contributed by atoms with Crippen molar-refractivity contribution in [3.63, 3.8) is 0 Å². The number of furan rings is 1. The molecule has 1 aliphatic rings. The second-order valence-corrected chi connectivity index (χ2v) is 7.09. The highest BCUT2D eigenvalue weighted by Crippen LogP contribution is 2.24. The van der Waals surface area contributed by atoms with Crippen LogP contribution < -0.4 is 5.56 Å². The Morgan fingerprint density at radius 2 is 2.04 bits per heavy atom. The Kier molecular flexibility index (Phi) is 4.94. The SMILES string of the molecule is CCOC(=O)c1c(C)oc2nc(CN3C[C@@H](C)C[C@H](C)C3)[nH]c(=O)c12. The molecule has 0 unspecified atom stereocenters. The van der Waals surface area contributed by atoms with Crippen LogP contribution in [0, 0.1) is 18.8 Å². The lowest BCUT2D eigenvalue weighted by Gasteiger charge is -2.34. The summed E-state index contributed by atoms with van der Waals surface area (Å²) in [6.07, 6.45) is 1.22. The first-order chi connectivity index (χ1) is 11.9. The largest absolute Gasteiger partial charge is 0.462 e. The third kappa shape index (κ3) is 3.61. The Bertz CT molecular complexity index is 829. The molecule has 0 aliphatic carbocycles. The number of hydrogen-bond donors (Lipinski definition) is 1. The fourth-order valence-corrected chi connectivity index (χ4v) is 3.82. The van der Waals surface area contributed by atoms with Crippen LogP contribution in [0.2, 0.25) is 0 Å². The first-order valence-corrected chi connectivity index (χ1v) is 8.80. The number of aromatic nitrogens is 2.